The Morgan fingerprint density at radius 3 is 2.52 bits per heavy atom. The van der Waals surface area contributed by atoms with Crippen LogP contribution in [0.4, 0.5) is 15.8 Å². The first-order valence-electron chi connectivity index (χ1n) is 11.1. The van der Waals surface area contributed by atoms with Crippen LogP contribution in [-0.2, 0) is 16.0 Å². The average molecular weight is 442 g/mol. The van der Waals surface area contributed by atoms with Gasteiger partial charge >= 0.3 is 0 Å². The molecule has 0 aromatic heterocycles. The number of amides is 2. The minimum absolute atomic E-state index is 0.276. The van der Waals surface area contributed by atoms with Gasteiger partial charge in [0.1, 0.15) is 17.3 Å². The molecule has 3 aromatic carbocycles. The molecule has 0 unspecified atom stereocenters. The standard InChI is InChI=1S/C27H23FN2O3/c1-2-33-22-10-5-9-21(17-22)30-26(31)24(19-12-14-20(28)15-13-19)25(27(30)32)29-16-6-8-18-7-3-4-11-23(18)29/h3-5,7,9-15,17H,2,6,8,16H2,1H3. The summed E-state index contributed by atoms with van der Waals surface area (Å²) < 4.78 is 19.2. The Morgan fingerprint density at radius 2 is 1.73 bits per heavy atom. The average Bonchev–Trinajstić information content (AvgIpc) is 3.09. The lowest BCUT2D eigenvalue weighted by atomic mass is 9.98. The Bertz CT molecular complexity index is 1270. The van der Waals surface area contributed by atoms with Gasteiger partial charge in [0, 0.05) is 18.3 Å². The summed E-state index contributed by atoms with van der Waals surface area (Å²) in [7, 11) is 0. The maximum absolute atomic E-state index is 13.8. The lowest BCUT2D eigenvalue weighted by Crippen LogP contribution is -2.37. The molecule has 3 aromatic rings. The number of benzene rings is 3. The van der Waals surface area contributed by atoms with Gasteiger partial charge in [-0.3, -0.25) is 9.59 Å². The van der Waals surface area contributed by atoms with E-state index in [0.717, 1.165) is 24.1 Å². The van der Waals surface area contributed by atoms with E-state index in [1.807, 2.05) is 36.1 Å². The first-order chi connectivity index (χ1) is 16.1. The zero-order valence-electron chi connectivity index (χ0n) is 18.3. The van der Waals surface area contributed by atoms with E-state index < -0.39 is 17.6 Å². The Morgan fingerprint density at radius 1 is 0.939 bits per heavy atom. The molecule has 0 N–H and O–H groups in total. The van der Waals surface area contributed by atoms with E-state index >= 15 is 0 Å². The number of fused-ring (bicyclic) bond motifs is 1. The molecule has 5 rings (SSSR count). The molecule has 0 saturated heterocycles. The van der Waals surface area contributed by atoms with E-state index in [-0.39, 0.29) is 5.57 Å². The first-order valence-corrected chi connectivity index (χ1v) is 11.1. The number of anilines is 2. The van der Waals surface area contributed by atoms with E-state index in [1.54, 1.807) is 36.4 Å². The maximum atomic E-state index is 13.8. The van der Waals surface area contributed by atoms with Crippen molar-refractivity contribution in [3.8, 4) is 5.75 Å². The molecule has 2 amide bonds. The Balaban J connectivity index is 1.66. The van der Waals surface area contributed by atoms with Crippen molar-refractivity contribution in [3.63, 3.8) is 0 Å². The van der Waals surface area contributed by atoms with Gasteiger partial charge in [0.2, 0.25) is 0 Å². The van der Waals surface area contributed by atoms with Gasteiger partial charge in [-0.25, -0.2) is 9.29 Å². The molecule has 2 heterocycles. The number of halogens is 1. The Labute approximate surface area is 191 Å². The SMILES string of the molecule is CCOc1cccc(N2C(=O)C(c3ccc(F)cc3)=C(N3CCCc4ccccc43)C2=O)c1. The van der Waals surface area contributed by atoms with Gasteiger partial charge in [-0.2, -0.15) is 0 Å². The highest BCUT2D eigenvalue weighted by Crippen LogP contribution is 2.40. The minimum Gasteiger partial charge on any atom is -0.494 e. The molecule has 5 nitrogen and oxygen atoms in total. The van der Waals surface area contributed by atoms with Crippen LogP contribution in [-0.4, -0.2) is 25.0 Å². The predicted molar refractivity (Wildman–Crippen MR) is 126 cm³/mol. The molecular weight excluding hydrogens is 419 g/mol. The predicted octanol–water partition coefficient (Wildman–Crippen LogP) is 4.96. The summed E-state index contributed by atoms with van der Waals surface area (Å²) in [4.78, 5) is 30.7. The van der Waals surface area contributed by atoms with Crippen molar-refractivity contribution in [2.45, 2.75) is 19.8 Å². The Hall–Kier alpha value is -3.93. The molecule has 0 fully saturated rings. The van der Waals surface area contributed by atoms with Crippen LogP contribution < -0.4 is 14.5 Å². The minimum atomic E-state index is -0.432. The lowest BCUT2D eigenvalue weighted by molar-refractivity contribution is -0.120. The van der Waals surface area contributed by atoms with Crippen molar-refractivity contribution < 1.29 is 18.7 Å². The second-order valence-electron chi connectivity index (χ2n) is 7.99. The fraction of sp³-hybridized carbons (Fsp3) is 0.185. The number of carbonyl (C=O) groups excluding carboxylic acids is 2. The van der Waals surface area contributed by atoms with Crippen LogP contribution in [0.15, 0.2) is 78.5 Å². The number of hydrogen-bond acceptors (Lipinski definition) is 4. The van der Waals surface area contributed by atoms with Gasteiger partial charge in [0.15, 0.2) is 0 Å². The number of imide groups is 1. The van der Waals surface area contributed by atoms with Crippen LogP contribution in [0.2, 0.25) is 0 Å². The van der Waals surface area contributed by atoms with Crippen LogP contribution >= 0.6 is 0 Å². The van der Waals surface area contributed by atoms with Crippen LogP contribution in [0, 0.1) is 5.82 Å². The number of carbonyl (C=O) groups is 2. The summed E-state index contributed by atoms with van der Waals surface area (Å²) in [5, 5.41) is 0. The van der Waals surface area contributed by atoms with Gasteiger partial charge in [-0.15, -0.1) is 0 Å². The zero-order chi connectivity index (χ0) is 22.9. The number of ether oxygens (including phenoxy) is 1. The van der Waals surface area contributed by atoms with Crippen LogP contribution in [0.25, 0.3) is 5.57 Å². The topological polar surface area (TPSA) is 49.9 Å². The molecule has 6 heteroatoms. The van der Waals surface area contributed by atoms with E-state index in [1.165, 1.54) is 17.0 Å². The van der Waals surface area contributed by atoms with Crippen molar-refractivity contribution in [2.75, 3.05) is 23.0 Å². The third-order valence-corrected chi connectivity index (χ3v) is 5.96. The van der Waals surface area contributed by atoms with Crippen molar-refractivity contribution in [1.82, 2.24) is 0 Å². The summed E-state index contributed by atoms with van der Waals surface area (Å²) in [6.07, 6.45) is 1.77. The van der Waals surface area contributed by atoms with Gasteiger partial charge in [-0.1, -0.05) is 36.4 Å². The van der Waals surface area contributed by atoms with Crippen LogP contribution in [0.5, 0.6) is 5.75 Å². The van der Waals surface area contributed by atoms with Gasteiger partial charge in [0.05, 0.1) is 17.9 Å². The third kappa shape index (κ3) is 3.67. The largest absolute Gasteiger partial charge is 0.494 e. The number of rotatable bonds is 5. The molecule has 0 saturated carbocycles. The summed E-state index contributed by atoms with van der Waals surface area (Å²) >= 11 is 0. The summed E-state index contributed by atoms with van der Waals surface area (Å²) in [5.41, 5.74) is 3.60. The molecular formula is C27H23FN2O3. The van der Waals surface area contributed by atoms with E-state index in [2.05, 4.69) is 0 Å². The highest BCUT2D eigenvalue weighted by Gasteiger charge is 2.43. The maximum Gasteiger partial charge on any atom is 0.282 e. The molecule has 0 radical (unpaired) electrons. The number of nitrogens with zero attached hydrogens (tertiary/aromatic N) is 2. The van der Waals surface area contributed by atoms with Crippen molar-refractivity contribution in [1.29, 1.82) is 0 Å². The number of aryl methyl sites for hydroxylation is 1. The molecule has 166 valence electrons. The summed E-state index contributed by atoms with van der Waals surface area (Å²) in [5.74, 6) is -0.652. The molecule has 0 atom stereocenters. The second-order valence-corrected chi connectivity index (χ2v) is 7.99. The third-order valence-electron chi connectivity index (χ3n) is 5.96. The molecule has 0 bridgehead atoms. The van der Waals surface area contributed by atoms with E-state index in [4.69, 9.17) is 4.74 Å². The van der Waals surface area contributed by atoms with Gasteiger partial charge in [0.25, 0.3) is 11.8 Å². The fourth-order valence-corrected chi connectivity index (χ4v) is 4.52. The van der Waals surface area contributed by atoms with E-state index in [0.29, 0.717) is 35.8 Å². The molecule has 2 aliphatic rings. The van der Waals surface area contributed by atoms with Crippen LogP contribution in [0.1, 0.15) is 24.5 Å². The quantitative estimate of drug-likeness (QED) is 0.524. The number of para-hydroxylation sites is 1. The van der Waals surface area contributed by atoms with Crippen molar-refractivity contribution in [3.05, 3.63) is 95.4 Å². The Kier molecular flexibility index (Phi) is 5.42. The van der Waals surface area contributed by atoms with Gasteiger partial charge in [-0.05, 0) is 61.2 Å². The first kappa shape index (κ1) is 20.9. The van der Waals surface area contributed by atoms with Crippen molar-refractivity contribution in [2.24, 2.45) is 0 Å². The molecule has 2 aliphatic heterocycles. The fourth-order valence-electron chi connectivity index (χ4n) is 4.52. The van der Waals surface area contributed by atoms with E-state index in [9.17, 15) is 14.0 Å². The second kappa shape index (κ2) is 8.54. The summed E-state index contributed by atoms with van der Waals surface area (Å²) in [6.45, 7) is 2.96. The van der Waals surface area contributed by atoms with Crippen LogP contribution in [0.3, 0.4) is 0 Å². The lowest BCUT2D eigenvalue weighted by Gasteiger charge is -2.32. The van der Waals surface area contributed by atoms with Gasteiger partial charge < -0.3 is 9.64 Å². The number of hydrogen-bond donors (Lipinski definition) is 0. The van der Waals surface area contributed by atoms with Crippen molar-refractivity contribution >= 4 is 28.8 Å². The molecule has 0 aliphatic carbocycles. The normalized spacial score (nSPS) is 15.8. The highest BCUT2D eigenvalue weighted by molar-refractivity contribution is 6.46. The molecule has 0 spiro atoms. The smallest absolute Gasteiger partial charge is 0.282 e. The monoisotopic (exact) mass is 442 g/mol. The highest BCUT2D eigenvalue weighted by atomic mass is 19.1. The zero-order valence-corrected chi connectivity index (χ0v) is 18.3. The molecule has 33 heavy (non-hydrogen) atoms. The summed E-state index contributed by atoms with van der Waals surface area (Å²) in [6, 6.07) is 20.6.